The molecule has 0 amide bonds. The Morgan fingerprint density at radius 3 is 3.13 bits per heavy atom. The Bertz CT molecular complexity index is 307. The lowest BCUT2D eigenvalue weighted by atomic mass is 10.2. The van der Waals surface area contributed by atoms with E-state index in [0.717, 1.165) is 18.9 Å². The minimum Gasteiger partial charge on any atom is -0.396 e. The summed E-state index contributed by atoms with van der Waals surface area (Å²) in [7, 11) is 0. The Labute approximate surface area is 90.3 Å². The number of nitrogens with one attached hydrogen (secondary N) is 1. The smallest absolute Gasteiger partial charge is 0.122 e. The van der Waals surface area contributed by atoms with Crippen molar-refractivity contribution in [2.45, 2.75) is 38.9 Å². The predicted octanol–water partition coefficient (Wildman–Crippen LogP) is 0.763. The molecular formula is C11H19N3O. The van der Waals surface area contributed by atoms with E-state index in [1.165, 1.54) is 12.8 Å². The minimum absolute atomic E-state index is 0.230. The highest BCUT2D eigenvalue weighted by Gasteiger charge is 2.20. The van der Waals surface area contributed by atoms with Crippen LogP contribution in [0.2, 0.25) is 0 Å². The average Bonchev–Trinajstić information content (AvgIpc) is 2.97. The van der Waals surface area contributed by atoms with Crippen LogP contribution in [0.3, 0.4) is 0 Å². The van der Waals surface area contributed by atoms with Gasteiger partial charge in [0.2, 0.25) is 0 Å². The molecule has 1 heterocycles. The molecule has 1 atom stereocenters. The standard InChI is InChI=1S/C11H19N3O/c1-9(8-15)7-14-5-4-12-11(14)6-13-10-2-3-10/h4-5,9-10,13,15H,2-3,6-8H2,1H3. The summed E-state index contributed by atoms with van der Waals surface area (Å²) < 4.78 is 2.12. The predicted molar refractivity (Wildman–Crippen MR) is 58.3 cm³/mol. The van der Waals surface area contributed by atoms with Crippen LogP contribution in [0, 0.1) is 5.92 Å². The minimum atomic E-state index is 0.230. The third-order valence-corrected chi connectivity index (χ3v) is 2.75. The van der Waals surface area contributed by atoms with E-state index in [0.29, 0.717) is 12.0 Å². The van der Waals surface area contributed by atoms with Gasteiger partial charge in [-0.15, -0.1) is 0 Å². The summed E-state index contributed by atoms with van der Waals surface area (Å²) in [4.78, 5) is 4.32. The average molecular weight is 209 g/mol. The highest BCUT2D eigenvalue weighted by Crippen LogP contribution is 2.19. The molecule has 2 N–H and O–H groups in total. The molecule has 1 aliphatic carbocycles. The van der Waals surface area contributed by atoms with E-state index in [-0.39, 0.29) is 6.61 Å². The van der Waals surface area contributed by atoms with Gasteiger partial charge in [-0.1, -0.05) is 6.92 Å². The summed E-state index contributed by atoms with van der Waals surface area (Å²) in [5.74, 6) is 1.36. The monoisotopic (exact) mass is 209 g/mol. The second kappa shape index (κ2) is 4.77. The summed E-state index contributed by atoms with van der Waals surface area (Å²) in [5, 5.41) is 12.4. The number of aliphatic hydroxyl groups is 1. The number of aromatic nitrogens is 2. The highest BCUT2D eigenvalue weighted by atomic mass is 16.3. The van der Waals surface area contributed by atoms with Gasteiger partial charge >= 0.3 is 0 Å². The van der Waals surface area contributed by atoms with Gasteiger partial charge in [-0.3, -0.25) is 0 Å². The molecule has 1 saturated carbocycles. The van der Waals surface area contributed by atoms with Crippen molar-refractivity contribution in [3.8, 4) is 0 Å². The summed E-state index contributed by atoms with van der Waals surface area (Å²) in [6.07, 6.45) is 6.41. The van der Waals surface area contributed by atoms with Crippen molar-refractivity contribution in [1.29, 1.82) is 0 Å². The maximum absolute atomic E-state index is 9.00. The van der Waals surface area contributed by atoms with Gasteiger partial charge in [0.25, 0.3) is 0 Å². The first-order chi connectivity index (χ1) is 7.29. The Balaban J connectivity index is 1.88. The van der Waals surface area contributed by atoms with E-state index < -0.39 is 0 Å². The van der Waals surface area contributed by atoms with Gasteiger partial charge in [0.1, 0.15) is 5.82 Å². The summed E-state index contributed by atoms with van der Waals surface area (Å²) in [6, 6.07) is 0.713. The fraction of sp³-hybridized carbons (Fsp3) is 0.727. The summed E-state index contributed by atoms with van der Waals surface area (Å²) in [5.41, 5.74) is 0. The van der Waals surface area contributed by atoms with Crippen molar-refractivity contribution in [3.63, 3.8) is 0 Å². The van der Waals surface area contributed by atoms with Crippen LogP contribution in [0.5, 0.6) is 0 Å². The van der Waals surface area contributed by atoms with Gasteiger partial charge in [0.15, 0.2) is 0 Å². The summed E-state index contributed by atoms with van der Waals surface area (Å²) in [6.45, 7) is 3.96. The van der Waals surface area contributed by atoms with E-state index in [2.05, 4.69) is 14.9 Å². The lowest BCUT2D eigenvalue weighted by Gasteiger charge is -2.12. The van der Waals surface area contributed by atoms with Crippen molar-refractivity contribution in [2.75, 3.05) is 6.61 Å². The first-order valence-electron chi connectivity index (χ1n) is 5.64. The molecule has 0 radical (unpaired) electrons. The molecule has 0 spiro atoms. The zero-order chi connectivity index (χ0) is 10.7. The van der Waals surface area contributed by atoms with Crippen LogP contribution in [0.4, 0.5) is 0 Å². The Hall–Kier alpha value is -0.870. The van der Waals surface area contributed by atoms with Crippen molar-refractivity contribution >= 4 is 0 Å². The molecule has 0 bridgehead atoms. The molecule has 1 aromatic rings. The van der Waals surface area contributed by atoms with E-state index in [4.69, 9.17) is 5.11 Å². The zero-order valence-electron chi connectivity index (χ0n) is 9.19. The van der Waals surface area contributed by atoms with Crippen molar-refractivity contribution < 1.29 is 5.11 Å². The molecule has 1 aliphatic rings. The first-order valence-corrected chi connectivity index (χ1v) is 5.64. The number of rotatable bonds is 6. The maximum atomic E-state index is 9.00. The van der Waals surface area contributed by atoms with Crippen LogP contribution in [-0.4, -0.2) is 27.3 Å². The highest BCUT2D eigenvalue weighted by molar-refractivity contribution is 4.94. The Morgan fingerprint density at radius 2 is 2.47 bits per heavy atom. The summed E-state index contributed by atoms with van der Waals surface area (Å²) >= 11 is 0. The topological polar surface area (TPSA) is 50.1 Å². The van der Waals surface area contributed by atoms with Crippen LogP contribution in [0.1, 0.15) is 25.6 Å². The van der Waals surface area contributed by atoms with Gasteiger partial charge in [-0.2, -0.15) is 0 Å². The lowest BCUT2D eigenvalue weighted by molar-refractivity contribution is 0.221. The first kappa shape index (κ1) is 10.6. The number of hydrogen-bond acceptors (Lipinski definition) is 3. The molecular weight excluding hydrogens is 190 g/mol. The molecule has 0 aliphatic heterocycles. The molecule has 84 valence electrons. The van der Waals surface area contributed by atoms with Gasteiger partial charge in [-0.05, 0) is 18.8 Å². The molecule has 4 heteroatoms. The Kier molecular flexibility index (Phi) is 3.38. The normalized spacial score (nSPS) is 18.0. The van der Waals surface area contributed by atoms with Crippen LogP contribution in [0.15, 0.2) is 12.4 Å². The number of imidazole rings is 1. The fourth-order valence-electron chi connectivity index (χ4n) is 1.59. The molecule has 2 rings (SSSR count). The second-order valence-corrected chi connectivity index (χ2v) is 4.44. The van der Waals surface area contributed by atoms with Crippen LogP contribution >= 0.6 is 0 Å². The number of aliphatic hydroxyl groups excluding tert-OH is 1. The molecule has 4 nitrogen and oxygen atoms in total. The largest absolute Gasteiger partial charge is 0.396 e. The van der Waals surface area contributed by atoms with Gasteiger partial charge < -0.3 is 15.0 Å². The maximum Gasteiger partial charge on any atom is 0.122 e. The zero-order valence-corrected chi connectivity index (χ0v) is 9.19. The van der Waals surface area contributed by atoms with E-state index in [1.807, 2.05) is 19.3 Å². The third-order valence-electron chi connectivity index (χ3n) is 2.75. The van der Waals surface area contributed by atoms with Crippen LogP contribution in [-0.2, 0) is 13.1 Å². The van der Waals surface area contributed by atoms with E-state index in [9.17, 15) is 0 Å². The molecule has 15 heavy (non-hydrogen) atoms. The van der Waals surface area contributed by atoms with Crippen LogP contribution < -0.4 is 5.32 Å². The SMILES string of the molecule is CC(CO)Cn1ccnc1CNC1CC1. The third kappa shape index (κ3) is 3.04. The van der Waals surface area contributed by atoms with Crippen LogP contribution in [0.25, 0.3) is 0 Å². The molecule has 1 fully saturated rings. The van der Waals surface area contributed by atoms with Gasteiger partial charge in [0.05, 0.1) is 6.54 Å². The molecule has 1 unspecified atom stereocenters. The molecule has 0 saturated heterocycles. The quantitative estimate of drug-likeness (QED) is 0.727. The lowest BCUT2D eigenvalue weighted by Crippen LogP contribution is -2.20. The van der Waals surface area contributed by atoms with E-state index in [1.54, 1.807) is 0 Å². The van der Waals surface area contributed by atoms with Gasteiger partial charge in [-0.25, -0.2) is 4.98 Å². The number of hydrogen-bond donors (Lipinski definition) is 2. The van der Waals surface area contributed by atoms with E-state index >= 15 is 0 Å². The number of nitrogens with zero attached hydrogens (tertiary/aromatic N) is 2. The van der Waals surface area contributed by atoms with Gasteiger partial charge in [0, 0.05) is 31.6 Å². The molecule has 1 aromatic heterocycles. The fourth-order valence-corrected chi connectivity index (χ4v) is 1.59. The molecule has 0 aromatic carbocycles. The second-order valence-electron chi connectivity index (χ2n) is 4.44. The van der Waals surface area contributed by atoms with Crippen molar-refractivity contribution in [1.82, 2.24) is 14.9 Å². The van der Waals surface area contributed by atoms with Crippen molar-refractivity contribution in [3.05, 3.63) is 18.2 Å². The Morgan fingerprint density at radius 1 is 1.67 bits per heavy atom. The van der Waals surface area contributed by atoms with Crippen molar-refractivity contribution in [2.24, 2.45) is 5.92 Å².